The number of nitro groups is 1. The van der Waals surface area contributed by atoms with Gasteiger partial charge in [0.25, 0.3) is 5.69 Å². The van der Waals surface area contributed by atoms with Crippen LogP contribution in [-0.4, -0.2) is 11.0 Å². The molecule has 0 N–H and O–H groups in total. The molecular formula is C15H22BrNO3. The molecule has 0 aromatic heterocycles. The normalized spacial score (nSPS) is 12.3. The van der Waals surface area contributed by atoms with Crippen molar-refractivity contribution in [3.63, 3.8) is 0 Å². The molecule has 20 heavy (non-hydrogen) atoms. The van der Waals surface area contributed by atoms with Crippen molar-refractivity contribution < 1.29 is 9.66 Å². The fourth-order valence-corrected chi connectivity index (χ4v) is 2.52. The fourth-order valence-electron chi connectivity index (χ4n) is 1.99. The van der Waals surface area contributed by atoms with E-state index in [1.165, 1.54) is 31.7 Å². The first kappa shape index (κ1) is 17.1. The van der Waals surface area contributed by atoms with Crippen molar-refractivity contribution in [1.82, 2.24) is 0 Å². The van der Waals surface area contributed by atoms with Crippen LogP contribution in [-0.2, 0) is 11.3 Å². The first-order valence-electron chi connectivity index (χ1n) is 7.09. The third-order valence-electron chi connectivity index (χ3n) is 3.24. The Bertz CT molecular complexity index is 437. The quantitative estimate of drug-likeness (QED) is 0.350. The molecule has 1 unspecified atom stereocenters. The highest BCUT2D eigenvalue weighted by Crippen LogP contribution is 2.29. The number of rotatable bonds is 9. The van der Waals surface area contributed by atoms with Gasteiger partial charge in [0.05, 0.1) is 17.6 Å². The van der Waals surface area contributed by atoms with E-state index in [0.29, 0.717) is 11.1 Å². The molecule has 1 atom stereocenters. The van der Waals surface area contributed by atoms with Crippen molar-refractivity contribution in [2.45, 2.75) is 58.7 Å². The number of halogens is 1. The van der Waals surface area contributed by atoms with Gasteiger partial charge in [-0.3, -0.25) is 10.1 Å². The molecule has 112 valence electrons. The molecule has 0 bridgehead atoms. The molecule has 1 aromatic carbocycles. The SMILES string of the molecule is CCCCCCC(C)OCc1cccc([N+](=O)[O-])c1Br. The molecule has 0 aliphatic rings. The maximum atomic E-state index is 10.8. The zero-order chi connectivity index (χ0) is 15.0. The number of unbranched alkanes of at least 4 members (excludes halogenated alkanes) is 3. The number of hydrogen-bond donors (Lipinski definition) is 0. The number of hydrogen-bond acceptors (Lipinski definition) is 3. The second kappa shape index (κ2) is 9.08. The summed E-state index contributed by atoms with van der Waals surface area (Å²) in [6.07, 6.45) is 6.12. The number of nitrogens with zero attached hydrogens (tertiary/aromatic N) is 1. The van der Waals surface area contributed by atoms with E-state index in [-0.39, 0.29) is 16.7 Å². The summed E-state index contributed by atoms with van der Waals surface area (Å²) in [5.41, 5.74) is 0.904. The van der Waals surface area contributed by atoms with Gasteiger partial charge in [0.2, 0.25) is 0 Å². The van der Waals surface area contributed by atoms with Gasteiger partial charge < -0.3 is 4.74 Å². The average molecular weight is 344 g/mol. The van der Waals surface area contributed by atoms with Crippen molar-refractivity contribution >= 4 is 21.6 Å². The van der Waals surface area contributed by atoms with Gasteiger partial charge in [0.1, 0.15) is 4.47 Å². The molecule has 0 amide bonds. The zero-order valence-electron chi connectivity index (χ0n) is 12.1. The van der Waals surface area contributed by atoms with Gasteiger partial charge in [0, 0.05) is 6.07 Å². The minimum atomic E-state index is -0.387. The molecule has 0 aliphatic carbocycles. The van der Waals surface area contributed by atoms with Gasteiger partial charge in [-0.25, -0.2) is 0 Å². The lowest BCUT2D eigenvalue weighted by molar-refractivity contribution is -0.385. The first-order valence-corrected chi connectivity index (χ1v) is 7.89. The molecule has 0 saturated carbocycles. The minimum Gasteiger partial charge on any atom is -0.374 e. The minimum absolute atomic E-state index is 0.0849. The van der Waals surface area contributed by atoms with Gasteiger partial charge in [0.15, 0.2) is 0 Å². The summed E-state index contributed by atoms with van der Waals surface area (Å²) in [5.74, 6) is 0. The van der Waals surface area contributed by atoms with Crippen LogP contribution in [0.25, 0.3) is 0 Å². The van der Waals surface area contributed by atoms with Crippen molar-refractivity contribution in [2.75, 3.05) is 0 Å². The molecule has 1 rings (SSSR count). The Labute approximate surface area is 128 Å². The Morgan fingerprint density at radius 2 is 2.10 bits per heavy atom. The van der Waals surface area contributed by atoms with Crippen LogP contribution >= 0.6 is 15.9 Å². The second-order valence-electron chi connectivity index (χ2n) is 4.98. The lowest BCUT2D eigenvalue weighted by atomic mass is 10.1. The van der Waals surface area contributed by atoms with Crippen LogP contribution in [0.5, 0.6) is 0 Å². The fraction of sp³-hybridized carbons (Fsp3) is 0.600. The number of benzene rings is 1. The molecule has 0 heterocycles. The average Bonchev–Trinajstić information content (AvgIpc) is 2.42. The smallest absolute Gasteiger partial charge is 0.283 e. The Morgan fingerprint density at radius 1 is 1.35 bits per heavy atom. The summed E-state index contributed by atoms with van der Waals surface area (Å²) in [6.45, 7) is 4.65. The summed E-state index contributed by atoms with van der Waals surface area (Å²) in [4.78, 5) is 10.5. The molecule has 4 nitrogen and oxygen atoms in total. The second-order valence-corrected chi connectivity index (χ2v) is 5.77. The maximum Gasteiger partial charge on any atom is 0.283 e. The highest BCUT2D eigenvalue weighted by atomic mass is 79.9. The van der Waals surface area contributed by atoms with E-state index in [2.05, 4.69) is 29.8 Å². The standard InChI is InChI=1S/C15H22BrNO3/c1-3-4-5-6-8-12(2)20-11-13-9-7-10-14(15(13)16)17(18)19/h7,9-10,12H,3-6,8,11H2,1-2H3. The van der Waals surface area contributed by atoms with Crippen molar-refractivity contribution in [2.24, 2.45) is 0 Å². The predicted octanol–water partition coefficient (Wildman–Crippen LogP) is 5.23. The molecule has 0 fully saturated rings. The van der Waals surface area contributed by atoms with E-state index < -0.39 is 0 Å². The summed E-state index contributed by atoms with van der Waals surface area (Å²) in [5, 5.41) is 10.8. The molecule has 0 radical (unpaired) electrons. The van der Waals surface area contributed by atoms with Gasteiger partial charge in [-0.1, -0.05) is 44.7 Å². The summed E-state index contributed by atoms with van der Waals surface area (Å²) in [7, 11) is 0. The lowest BCUT2D eigenvalue weighted by Gasteiger charge is -2.13. The third-order valence-corrected chi connectivity index (χ3v) is 4.16. The van der Waals surface area contributed by atoms with E-state index in [0.717, 1.165) is 12.0 Å². The number of nitro benzene ring substituents is 1. The summed E-state index contributed by atoms with van der Waals surface area (Å²) in [6, 6.07) is 5.02. The van der Waals surface area contributed by atoms with Gasteiger partial charge in [-0.2, -0.15) is 0 Å². The zero-order valence-corrected chi connectivity index (χ0v) is 13.7. The molecule has 5 heteroatoms. The van der Waals surface area contributed by atoms with Crippen molar-refractivity contribution in [1.29, 1.82) is 0 Å². The molecule has 0 aliphatic heterocycles. The van der Waals surface area contributed by atoms with Crippen LogP contribution < -0.4 is 0 Å². The summed E-state index contributed by atoms with van der Waals surface area (Å²) >= 11 is 3.28. The maximum absolute atomic E-state index is 10.8. The molecule has 0 saturated heterocycles. The van der Waals surface area contributed by atoms with E-state index >= 15 is 0 Å². The highest BCUT2D eigenvalue weighted by molar-refractivity contribution is 9.10. The lowest BCUT2D eigenvalue weighted by Crippen LogP contribution is -2.08. The van der Waals surface area contributed by atoms with Crippen molar-refractivity contribution in [3.05, 3.63) is 38.3 Å². The predicted molar refractivity (Wildman–Crippen MR) is 83.8 cm³/mol. The first-order chi connectivity index (χ1) is 9.56. The Balaban J connectivity index is 2.45. The van der Waals surface area contributed by atoms with E-state index in [1.807, 2.05) is 6.07 Å². The van der Waals surface area contributed by atoms with E-state index in [1.54, 1.807) is 6.07 Å². The largest absolute Gasteiger partial charge is 0.374 e. The van der Waals surface area contributed by atoms with Gasteiger partial charge in [-0.15, -0.1) is 0 Å². The van der Waals surface area contributed by atoms with Gasteiger partial charge in [-0.05, 0) is 34.8 Å². The molecule has 0 spiro atoms. The monoisotopic (exact) mass is 343 g/mol. The van der Waals surface area contributed by atoms with Crippen LogP contribution in [0.2, 0.25) is 0 Å². The number of ether oxygens (including phenoxy) is 1. The summed E-state index contributed by atoms with van der Waals surface area (Å²) < 4.78 is 6.29. The Hall–Kier alpha value is -0.940. The molecule has 1 aromatic rings. The van der Waals surface area contributed by atoms with Crippen LogP contribution in [0.15, 0.2) is 22.7 Å². The molecular weight excluding hydrogens is 322 g/mol. The van der Waals surface area contributed by atoms with E-state index in [9.17, 15) is 10.1 Å². The van der Waals surface area contributed by atoms with E-state index in [4.69, 9.17) is 4.74 Å². The van der Waals surface area contributed by atoms with Crippen molar-refractivity contribution in [3.8, 4) is 0 Å². The van der Waals surface area contributed by atoms with Crippen LogP contribution in [0, 0.1) is 10.1 Å². The Morgan fingerprint density at radius 3 is 2.75 bits per heavy atom. The Kier molecular flexibility index (Phi) is 7.77. The topological polar surface area (TPSA) is 52.4 Å². The van der Waals surface area contributed by atoms with Gasteiger partial charge >= 0.3 is 0 Å². The third kappa shape index (κ3) is 5.59. The van der Waals surface area contributed by atoms with Crippen LogP contribution in [0.1, 0.15) is 51.5 Å². The van der Waals surface area contributed by atoms with Crippen LogP contribution in [0.4, 0.5) is 5.69 Å². The van der Waals surface area contributed by atoms with Crippen LogP contribution in [0.3, 0.4) is 0 Å². The highest BCUT2D eigenvalue weighted by Gasteiger charge is 2.15.